The molecule has 112 valence electrons. The van der Waals surface area contributed by atoms with E-state index in [0.717, 1.165) is 0 Å². The molecule has 21 heavy (non-hydrogen) atoms. The molecule has 0 aliphatic carbocycles. The van der Waals surface area contributed by atoms with Crippen LogP contribution in [0.2, 0.25) is 0 Å². The van der Waals surface area contributed by atoms with Crippen molar-refractivity contribution in [2.75, 3.05) is 18.6 Å². The van der Waals surface area contributed by atoms with E-state index in [1.807, 2.05) is 0 Å². The lowest BCUT2D eigenvalue weighted by molar-refractivity contribution is -0.385. The highest BCUT2D eigenvalue weighted by molar-refractivity contribution is 9.11. The number of carbonyl (C=O) groups excluding carboxylic acids is 2. The zero-order chi connectivity index (χ0) is 15.7. The number of anilines is 1. The van der Waals surface area contributed by atoms with Crippen LogP contribution in [0.15, 0.2) is 21.1 Å². The van der Waals surface area contributed by atoms with Crippen LogP contribution in [0.25, 0.3) is 0 Å². The van der Waals surface area contributed by atoms with E-state index in [1.54, 1.807) is 0 Å². The lowest BCUT2D eigenvalue weighted by Crippen LogP contribution is -2.27. The van der Waals surface area contributed by atoms with Crippen LogP contribution in [0.1, 0.15) is 6.42 Å². The Morgan fingerprint density at radius 1 is 1.43 bits per heavy atom. The van der Waals surface area contributed by atoms with Gasteiger partial charge < -0.3 is 9.64 Å². The van der Waals surface area contributed by atoms with Crippen LogP contribution < -0.4 is 4.90 Å². The topological polar surface area (TPSA) is 89.8 Å². The van der Waals surface area contributed by atoms with Gasteiger partial charge in [-0.2, -0.15) is 0 Å². The number of non-ortho nitro benzene ring substituents is 1. The van der Waals surface area contributed by atoms with E-state index in [2.05, 4.69) is 36.6 Å². The van der Waals surface area contributed by atoms with Gasteiger partial charge in [-0.15, -0.1) is 0 Å². The second kappa shape index (κ2) is 6.10. The van der Waals surface area contributed by atoms with E-state index >= 15 is 0 Å². The van der Waals surface area contributed by atoms with Gasteiger partial charge >= 0.3 is 5.97 Å². The third kappa shape index (κ3) is 3.08. The van der Waals surface area contributed by atoms with Crippen LogP contribution in [-0.2, 0) is 14.3 Å². The third-order valence-electron chi connectivity index (χ3n) is 3.14. The molecule has 0 N–H and O–H groups in total. The highest BCUT2D eigenvalue weighted by Crippen LogP contribution is 2.40. The van der Waals surface area contributed by atoms with Crippen molar-refractivity contribution in [3.63, 3.8) is 0 Å². The maximum absolute atomic E-state index is 12.1. The van der Waals surface area contributed by atoms with Crippen LogP contribution in [0.5, 0.6) is 0 Å². The summed E-state index contributed by atoms with van der Waals surface area (Å²) in [6.45, 7) is 0.181. The Kier molecular flexibility index (Phi) is 4.62. The normalized spacial score (nSPS) is 18.0. The molecule has 1 atom stereocenters. The predicted octanol–water partition coefficient (Wildman–Crippen LogP) is 2.65. The monoisotopic (exact) mass is 420 g/mol. The van der Waals surface area contributed by atoms with E-state index in [0.29, 0.717) is 14.6 Å². The number of halogens is 2. The molecule has 1 unspecified atom stereocenters. The Morgan fingerprint density at radius 2 is 2.00 bits per heavy atom. The standard InChI is InChI=1S/C12H10Br2N2O5/c1-21-12(18)6-2-10(17)15(5-6)11-8(13)3-7(16(19)20)4-9(11)14/h3-4,6H,2,5H2,1H3. The molecule has 9 heteroatoms. The Hall–Kier alpha value is -1.48. The number of esters is 1. The first-order chi connectivity index (χ1) is 9.85. The number of hydrogen-bond acceptors (Lipinski definition) is 5. The molecule has 0 bridgehead atoms. The Labute approximate surface area is 136 Å². The highest BCUT2D eigenvalue weighted by Gasteiger charge is 2.37. The summed E-state index contributed by atoms with van der Waals surface area (Å²) >= 11 is 6.47. The first kappa shape index (κ1) is 15.9. The molecule has 1 aliphatic heterocycles. The van der Waals surface area contributed by atoms with Gasteiger partial charge in [-0.1, -0.05) is 0 Å². The number of nitro benzene ring substituents is 1. The number of methoxy groups -OCH3 is 1. The molecule has 0 spiro atoms. The second-order valence-electron chi connectivity index (χ2n) is 4.44. The average Bonchev–Trinajstić information content (AvgIpc) is 2.79. The maximum atomic E-state index is 12.1. The first-order valence-electron chi connectivity index (χ1n) is 5.86. The fourth-order valence-electron chi connectivity index (χ4n) is 2.16. The minimum absolute atomic E-state index is 0.0581. The molecular weight excluding hydrogens is 412 g/mol. The fraction of sp³-hybridized carbons (Fsp3) is 0.333. The van der Waals surface area contributed by atoms with Crippen molar-refractivity contribution in [2.24, 2.45) is 5.92 Å². The van der Waals surface area contributed by atoms with Crippen molar-refractivity contribution in [3.05, 3.63) is 31.2 Å². The van der Waals surface area contributed by atoms with E-state index in [-0.39, 0.29) is 24.6 Å². The van der Waals surface area contributed by atoms with Crippen molar-refractivity contribution in [1.82, 2.24) is 0 Å². The van der Waals surface area contributed by atoms with Gasteiger partial charge in [0, 0.05) is 34.0 Å². The van der Waals surface area contributed by atoms with Crippen LogP contribution in [0, 0.1) is 16.0 Å². The van der Waals surface area contributed by atoms with Gasteiger partial charge in [-0.05, 0) is 31.9 Å². The van der Waals surface area contributed by atoms with E-state index in [9.17, 15) is 19.7 Å². The zero-order valence-electron chi connectivity index (χ0n) is 10.8. The largest absolute Gasteiger partial charge is 0.469 e. The summed E-state index contributed by atoms with van der Waals surface area (Å²) in [5.74, 6) is -1.21. The quantitative estimate of drug-likeness (QED) is 0.425. The molecule has 1 fully saturated rings. The number of nitro groups is 1. The van der Waals surface area contributed by atoms with Gasteiger partial charge in [0.2, 0.25) is 5.91 Å². The molecule has 2 rings (SSSR count). The van der Waals surface area contributed by atoms with Gasteiger partial charge in [0.05, 0.1) is 23.6 Å². The van der Waals surface area contributed by atoms with Gasteiger partial charge in [0.15, 0.2) is 0 Å². The number of rotatable bonds is 3. The molecular formula is C12H10Br2N2O5. The van der Waals surface area contributed by atoms with Crippen molar-refractivity contribution in [2.45, 2.75) is 6.42 Å². The van der Waals surface area contributed by atoms with Crippen molar-refractivity contribution < 1.29 is 19.2 Å². The zero-order valence-corrected chi connectivity index (χ0v) is 14.0. The van der Waals surface area contributed by atoms with Gasteiger partial charge in [-0.25, -0.2) is 0 Å². The smallest absolute Gasteiger partial charge is 0.311 e. The van der Waals surface area contributed by atoms with Gasteiger partial charge in [0.25, 0.3) is 5.69 Å². The minimum atomic E-state index is -0.531. The number of nitrogens with zero attached hydrogens (tertiary/aromatic N) is 2. The summed E-state index contributed by atoms with van der Waals surface area (Å²) < 4.78 is 5.46. The minimum Gasteiger partial charge on any atom is -0.469 e. The van der Waals surface area contributed by atoms with Crippen molar-refractivity contribution in [3.8, 4) is 0 Å². The molecule has 0 aromatic heterocycles. The first-order valence-corrected chi connectivity index (χ1v) is 7.45. The molecule has 1 heterocycles. The lowest BCUT2D eigenvalue weighted by atomic mass is 10.1. The Morgan fingerprint density at radius 3 is 2.48 bits per heavy atom. The SMILES string of the molecule is COC(=O)C1CC(=O)N(c2c(Br)cc([N+](=O)[O-])cc2Br)C1. The lowest BCUT2D eigenvalue weighted by Gasteiger charge is -2.19. The van der Waals surface area contributed by atoms with Crippen LogP contribution >= 0.6 is 31.9 Å². The maximum Gasteiger partial charge on any atom is 0.311 e. The second-order valence-corrected chi connectivity index (χ2v) is 6.15. The van der Waals surface area contributed by atoms with Crippen LogP contribution in [0.3, 0.4) is 0 Å². The number of hydrogen-bond donors (Lipinski definition) is 0. The molecule has 1 aromatic carbocycles. The third-order valence-corrected chi connectivity index (χ3v) is 4.35. The molecule has 1 saturated heterocycles. The van der Waals surface area contributed by atoms with Crippen LogP contribution in [-0.4, -0.2) is 30.5 Å². The molecule has 0 saturated carbocycles. The summed E-state index contributed by atoms with van der Waals surface area (Å²) in [5, 5.41) is 10.8. The van der Waals surface area contributed by atoms with E-state index in [1.165, 1.54) is 24.1 Å². The van der Waals surface area contributed by atoms with Gasteiger partial charge in [0.1, 0.15) is 0 Å². The predicted molar refractivity (Wildman–Crippen MR) is 81.0 cm³/mol. The molecule has 7 nitrogen and oxygen atoms in total. The number of benzene rings is 1. The summed E-state index contributed by atoms with van der Waals surface area (Å²) in [4.78, 5) is 35.3. The van der Waals surface area contributed by atoms with E-state index < -0.39 is 16.8 Å². The average molecular weight is 422 g/mol. The van der Waals surface area contributed by atoms with Crippen molar-refractivity contribution >= 4 is 55.1 Å². The Bertz CT molecular complexity index is 611. The highest BCUT2D eigenvalue weighted by atomic mass is 79.9. The Balaban J connectivity index is 2.37. The number of carbonyl (C=O) groups is 2. The fourth-order valence-corrected chi connectivity index (χ4v) is 3.75. The number of ether oxygens (including phenoxy) is 1. The molecule has 1 aliphatic rings. The molecule has 1 aromatic rings. The summed E-state index contributed by atoms with van der Waals surface area (Å²) in [5.41, 5.74) is 0.366. The summed E-state index contributed by atoms with van der Waals surface area (Å²) in [6.07, 6.45) is 0.0581. The number of amides is 1. The van der Waals surface area contributed by atoms with E-state index in [4.69, 9.17) is 0 Å². The summed E-state index contributed by atoms with van der Waals surface area (Å²) in [6, 6.07) is 2.64. The van der Waals surface area contributed by atoms with Crippen LogP contribution in [0.4, 0.5) is 11.4 Å². The molecule has 0 radical (unpaired) electrons. The van der Waals surface area contributed by atoms with Crippen molar-refractivity contribution in [1.29, 1.82) is 0 Å². The molecule has 1 amide bonds. The van der Waals surface area contributed by atoms with Gasteiger partial charge in [-0.3, -0.25) is 19.7 Å². The summed E-state index contributed by atoms with van der Waals surface area (Å²) in [7, 11) is 1.27.